The van der Waals surface area contributed by atoms with E-state index in [0.29, 0.717) is 38.9 Å². The Hall–Kier alpha value is -2.10. The van der Waals surface area contributed by atoms with Crippen molar-refractivity contribution in [2.45, 2.75) is 66.4 Å². The lowest BCUT2D eigenvalue weighted by Gasteiger charge is -2.42. The molecule has 1 N–H and O–H groups in total. The summed E-state index contributed by atoms with van der Waals surface area (Å²) in [5.74, 6) is -1.50. The number of alkyl halides is 1. The number of thioether (sulfide) groups is 1. The van der Waals surface area contributed by atoms with Gasteiger partial charge in [0.2, 0.25) is 17.7 Å². The molecule has 0 saturated carbocycles. The number of carbonyl (C=O) groups is 3. The van der Waals surface area contributed by atoms with Crippen LogP contribution in [0.3, 0.4) is 0 Å². The van der Waals surface area contributed by atoms with Gasteiger partial charge in [-0.25, -0.2) is 0 Å². The van der Waals surface area contributed by atoms with Gasteiger partial charge in [-0.2, -0.15) is 0 Å². The van der Waals surface area contributed by atoms with Gasteiger partial charge >= 0.3 is 0 Å². The molecule has 3 saturated heterocycles. The van der Waals surface area contributed by atoms with Crippen molar-refractivity contribution in [2.75, 3.05) is 31.1 Å². The Morgan fingerprint density at radius 3 is 2.41 bits per heavy atom. The lowest BCUT2D eigenvalue weighted by molar-refractivity contribution is -0.145. The molecular weight excluding hydrogens is 578 g/mol. The maximum atomic E-state index is 14.4. The minimum absolute atomic E-state index is 0.00274. The lowest BCUT2D eigenvalue weighted by atomic mass is 9.70. The molecule has 3 fully saturated rings. The molecule has 1 aromatic carbocycles. The molecule has 4 rings (SSSR count). The number of hydrogen-bond acceptors (Lipinski definition) is 5. The first-order valence-electron chi connectivity index (χ1n) is 13.7. The number of unbranched alkanes of at least 4 members (excludes halogenated alkanes) is 1. The Morgan fingerprint density at radius 1 is 1.15 bits per heavy atom. The number of hydrogen-bond donors (Lipinski definition) is 1. The number of benzene rings is 1. The first-order valence-corrected chi connectivity index (χ1v) is 15.5. The molecule has 7 nitrogen and oxygen atoms in total. The summed E-state index contributed by atoms with van der Waals surface area (Å²) < 4.78 is -0.715. The second-order valence-electron chi connectivity index (χ2n) is 11.6. The van der Waals surface area contributed by atoms with E-state index in [0.717, 1.165) is 5.69 Å². The second-order valence-corrected chi connectivity index (χ2v) is 14.3. The van der Waals surface area contributed by atoms with Gasteiger partial charge in [-0.15, -0.1) is 24.9 Å². The molecule has 0 radical (unpaired) electrons. The van der Waals surface area contributed by atoms with Crippen LogP contribution in [-0.4, -0.2) is 85.3 Å². The van der Waals surface area contributed by atoms with Crippen LogP contribution < -0.4 is 4.90 Å². The number of nitrogens with zero attached hydrogens (tertiary/aromatic N) is 3. The topological polar surface area (TPSA) is 81.2 Å². The van der Waals surface area contributed by atoms with Gasteiger partial charge in [0.1, 0.15) is 6.04 Å². The molecule has 3 heterocycles. The number of aliphatic hydroxyl groups is 1. The van der Waals surface area contributed by atoms with Crippen LogP contribution in [0.2, 0.25) is 0 Å². The number of carbonyl (C=O) groups excluding carboxylic acids is 3. The summed E-state index contributed by atoms with van der Waals surface area (Å²) in [6.45, 7) is 14.8. The predicted molar refractivity (Wildman–Crippen MR) is 161 cm³/mol. The van der Waals surface area contributed by atoms with Gasteiger partial charge in [0.25, 0.3) is 0 Å². The average Bonchev–Trinajstić information content (AvgIpc) is 3.48. The van der Waals surface area contributed by atoms with Crippen molar-refractivity contribution in [1.82, 2.24) is 9.80 Å². The van der Waals surface area contributed by atoms with Crippen molar-refractivity contribution in [3.8, 4) is 0 Å². The fourth-order valence-corrected chi connectivity index (χ4v) is 10.1. The fourth-order valence-electron chi connectivity index (χ4n) is 6.54. The summed E-state index contributed by atoms with van der Waals surface area (Å²) in [7, 11) is 0. The van der Waals surface area contributed by atoms with Crippen LogP contribution in [0.1, 0.15) is 40.0 Å². The summed E-state index contributed by atoms with van der Waals surface area (Å²) in [5.41, 5.74) is 0.288. The number of rotatable bonds is 11. The Labute approximate surface area is 244 Å². The molecule has 0 aliphatic carbocycles. The van der Waals surface area contributed by atoms with Crippen LogP contribution in [0.5, 0.6) is 0 Å². The largest absolute Gasteiger partial charge is 0.396 e. The molecule has 3 amide bonds. The Bertz CT molecular complexity index is 1110. The highest BCUT2D eigenvalue weighted by Crippen LogP contribution is 2.68. The summed E-state index contributed by atoms with van der Waals surface area (Å²) in [6.07, 6.45) is 5.18. The summed E-state index contributed by atoms with van der Waals surface area (Å²) in [4.78, 5) is 48.3. The highest BCUT2D eigenvalue weighted by Gasteiger charge is 2.76. The normalized spacial score (nSPS) is 29.3. The summed E-state index contributed by atoms with van der Waals surface area (Å²) in [5, 5.41) is 9.30. The van der Waals surface area contributed by atoms with E-state index in [4.69, 9.17) is 0 Å². The van der Waals surface area contributed by atoms with E-state index >= 15 is 0 Å². The third kappa shape index (κ3) is 5.22. The van der Waals surface area contributed by atoms with Crippen molar-refractivity contribution in [1.29, 1.82) is 0 Å². The zero-order valence-electron chi connectivity index (χ0n) is 23.1. The minimum Gasteiger partial charge on any atom is -0.396 e. The third-order valence-electron chi connectivity index (χ3n) is 8.15. The highest BCUT2D eigenvalue weighted by atomic mass is 79.9. The number of likely N-dealkylation sites (tertiary alicyclic amines) is 1. The SMILES string of the molecule is C=CCN(C(=O)[C@H]1[C@H]2C(=O)N(CCCCO)C(C(=O)N(CC=C)C(C)(C)C)C23CC(Br)[C@@H]1S3)c1ccccc1. The molecule has 6 atom stereocenters. The van der Waals surface area contributed by atoms with Crippen molar-refractivity contribution in [3.05, 3.63) is 55.6 Å². The van der Waals surface area contributed by atoms with Gasteiger partial charge in [-0.05, 0) is 52.2 Å². The number of anilines is 1. The van der Waals surface area contributed by atoms with Gasteiger partial charge in [0.05, 0.1) is 16.6 Å². The molecular formula is C30H40BrN3O4S. The minimum atomic E-state index is -0.715. The first kappa shape index (κ1) is 29.9. The molecule has 3 unspecified atom stereocenters. The van der Waals surface area contributed by atoms with Gasteiger partial charge < -0.3 is 19.8 Å². The van der Waals surface area contributed by atoms with E-state index in [2.05, 4.69) is 29.1 Å². The zero-order chi connectivity index (χ0) is 28.5. The quantitative estimate of drug-likeness (QED) is 0.228. The Kier molecular flexibility index (Phi) is 9.03. The molecule has 39 heavy (non-hydrogen) atoms. The van der Waals surface area contributed by atoms with Gasteiger partial charge in [-0.3, -0.25) is 14.4 Å². The van der Waals surface area contributed by atoms with E-state index < -0.39 is 28.2 Å². The molecule has 3 aliphatic rings. The van der Waals surface area contributed by atoms with E-state index in [1.54, 1.807) is 38.6 Å². The molecule has 1 spiro atoms. The molecule has 0 aromatic heterocycles. The van der Waals surface area contributed by atoms with Crippen LogP contribution in [0.4, 0.5) is 5.69 Å². The van der Waals surface area contributed by atoms with Gasteiger partial charge in [0.15, 0.2) is 0 Å². The number of fused-ring (bicyclic) bond motifs is 1. The van der Waals surface area contributed by atoms with Crippen molar-refractivity contribution in [3.63, 3.8) is 0 Å². The van der Waals surface area contributed by atoms with Gasteiger partial charge in [-0.1, -0.05) is 46.3 Å². The van der Waals surface area contributed by atoms with E-state index in [1.807, 2.05) is 51.1 Å². The lowest BCUT2D eigenvalue weighted by Crippen LogP contribution is -2.59. The van der Waals surface area contributed by atoms with Crippen LogP contribution in [0.25, 0.3) is 0 Å². The number of halogens is 1. The Balaban J connectivity index is 1.79. The monoisotopic (exact) mass is 617 g/mol. The van der Waals surface area contributed by atoms with Crippen molar-refractivity contribution < 1.29 is 19.5 Å². The van der Waals surface area contributed by atoms with Gasteiger partial charge in [0, 0.05) is 47.5 Å². The molecule has 3 aliphatic heterocycles. The first-order chi connectivity index (χ1) is 18.5. The second kappa shape index (κ2) is 11.8. The fraction of sp³-hybridized carbons (Fsp3) is 0.567. The standard InChI is InChI=1S/C30H40BrN3O4S/c1-6-15-32(20-13-9-8-10-14-20)26(36)22-23-27(37)33(17-11-12-18-35)25(30(23)19-21(31)24(22)39-30)28(38)34(16-7-2)29(3,4)5/h6-10,13-14,21-25,35H,1-2,11-12,15-19H2,3-5H3/t21?,22-,23-,24-,25?,30?/m0/s1. The van der Waals surface area contributed by atoms with Crippen LogP contribution >= 0.6 is 27.7 Å². The zero-order valence-corrected chi connectivity index (χ0v) is 25.5. The van der Waals surface area contributed by atoms with Crippen LogP contribution in [0.15, 0.2) is 55.6 Å². The molecule has 9 heteroatoms. The smallest absolute Gasteiger partial charge is 0.247 e. The molecule has 212 valence electrons. The highest BCUT2D eigenvalue weighted by molar-refractivity contribution is 9.09. The maximum absolute atomic E-state index is 14.4. The average molecular weight is 619 g/mol. The molecule has 1 aromatic rings. The van der Waals surface area contributed by atoms with E-state index in [1.165, 1.54) is 0 Å². The third-order valence-corrected chi connectivity index (χ3v) is 11.4. The number of aliphatic hydroxyl groups excluding tert-OH is 1. The van der Waals surface area contributed by atoms with Crippen molar-refractivity contribution in [2.24, 2.45) is 11.8 Å². The summed E-state index contributed by atoms with van der Waals surface area (Å²) >= 11 is 5.50. The molecule has 2 bridgehead atoms. The van der Waals surface area contributed by atoms with Crippen LogP contribution in [-0.2, 0) is 14.4 Å². The van der Waals surface area contributed by atoms with Crippen molar-refractivity contribution >= 4 is 51.1 Å². The Morgan fingerprint density at radius 2 is 1.82 bits per heavy atom. The predicted octanol–water partition coefficient (Wildman–Crippen LogP) is 4.26. The number of para-hydroxylation sites is 1. The van der Waals surface area contributed by atoms with E-state index in [-0.39, 0.29) is 34.4 Å². The maximum Gasteiger partial charge on any atom is 0.247 e. The number of amides is 3. The van der Waals surface area contributed by atoms with E-state index in [9.17, 15) is 19.5 Å². The van der Waals surface area contributed by atoms with Crippen LogP contribution in [0, 0.1) is 11.8 Å². The summed E-state index contributed by atoms with van der Waals surface area (Å²) in [6, 6.07) is 8.78.